The molecule has 0 aliphatic carbocycles. The zero-order valence-corrected chi connectivity index (χ0v) is 33.6. The topological polar surface area (TPSA) is 219 Å². The number of carbonyl (C=O) groups is 6. The van der Waals surface area contributed by atoms with Crippen molar-refractivity contribution in [3.63, 3.8) is 0 Å². The number of alkyl carbamates (subject to hydrolysis) is 2. The van der Waals surface area contributed by atoms with Gasteiger partial charge in [-0.05, 0) is 87.1 Å². The van der Waals surface area contributed by atoms with Gasteiger partial charge in [-0.25, -0.2) is 9.59 Å². The Bertz CT molecular complexity index is 1810. The summed E-state index contributed by atoms with van der Waals surface area (Å²) in [6.45, 7) is 4.43. The quantitative estimate of drug-likeness (QED) is 0.131. The Morgan fingerprint density at radius 2 is 1.03 bits per heavy atom. The number of aliphatic hydroxyl groups is 2. The highest BCUT2D eigenvalue weighted by Gasteiger charge is 2.41. The molecule has 6 atom stereocenters. The van der Waals surface area contributed by atoms with Crippen LogP contribution in [0.4, 0.5) is 26.7 Å². The lowest BCUT2D eigenvalue weighted by molar-refractivity contribution is -0.140. The van der Waals surface area contributed by atoms with Crippen molar-refractivity contribution in [3.8, 4) is 0 Å². The Balaban J connectivity index is 1.20. The first-order valence-corrected chi connectivity index (χ1v) is 19.5. The number of likely N-dealkylation sites (tertiary alicyclic amines) is 2. The number of amides is 6. The van der Waals surface area contributed by atoms with Gasteiger partial charge in [-0.1, -0.05) is 42.5 Å². The fourth-order valence-electron chi connectivity index (χ4n) is 7.27. The van der Waals surface area contributed by atoms with Crippen LogP contribution < -0.4 is 26.2 Å². The van der Waals surface area contributed by atoms with Crippen molar-refractivity contribution >= 4 is 52.9 Å². The second kappa shape index (κ2) is 20.5. The summed E-state index contributed by atoms with van der Waals surface area (Å²) in [6.07, 6.45) is -2.08. The van der Waals surface area contributed by atoms with E-state index in [1.807, 2.05) is 54.6 Å². The molecule has 3 aromatic rings. The summed E-state index contributed by atoms with van der Waals surface area (Å²) in [7, 11) is 2.32. The van der Waals surface area contributed by atoms with Crippen molar-refractivity contribution in [3.05, 3.63) is 90.0 Å². The highest BCUT2D eigenvalue weighted by molar-refractivity contribution is 5.99. The molecule has 316 valence electrons. The van der Waals surface area contributed by atoms with Crippen LogP contribution in [-0.4, -0.2) is 120 Å². The summed E-state index contributed by atoms with van der Waals surface area (Å²) >= 11 is 0. The third-order valence-corrected chi connectivity index (χ3v) is 10.4. The molecule has 59 heavy (non-hydrogen) atoms. The van der Waals surface area contributed by atoms with Crippen molar-refractivity contribution < 1.29 is 48.5 Å². The number of para-hydroxylation sites is 1. The van der Waals surface area contributed by atoms with Crippen molar-refractivity contribution in [1.29, 1.82) is 0 Å². The number of carbonyl (C=O) groups excluding carboxylic acids is 6. The van der Waals surface area contributed by atoms with Crippen LogP contribution in [0.2, 0.25) is 0 Å². The smallest absolute Gasteiger partial charge is 0.407 e. The van der Waals surface area contributed by atoms with E-state index in [0.717, 1.165) is 31.0 Å². The van der Waals surface area contributed by atoms with E-state index in [-0.39, 0.29) is 11.8 Å². The second-order valence-electron chi connectivity index (χ2n) is 14.7. The number of rotatable bonds is 15. The molecular formula is C42H53N7O10. The molecule has 0 radical (unpaired) electrons. The van der Waals surface area contributed by atoms with Crippen LogP contribution >= 0.6 is 0 Å². The second-order valence-corrected chi connectivity index (χ2v) is 14.7. The van der Waals surface area contributed by atoms with Crippen LogP contribution in [0.25, 0.3) is 0 Å². The summed E-state index contributed by atoms with van der Waals surface area (Å²) in [4.78, 5) is 81.8. The number of hydrogen-bond acceptors (Lipinski definition) is 11. The molecule has 1 unspecified atom stereocenters. The van der Waals surface area contributed by atoms with Gasteiger partial charge in [-0.2, -0.15) is 0 Å². The van der Waals surface area contributed by atoms with Crippen LogP contribution in [0.15, 0.2) is 78.9 Å². The Morgan fingerprint density at radius 1 is 0.644 bits per heavy atom. The lowest BCUT2D eigenvalue weighted by Crippen LogP contribution is -2.56. The van der Waals surface area contributed by atoms with Crippen molar-refractivity contribution in [2.75, 3.05) is 42.8 Å². The van der Waals surface area contributed by atoms with Gasteiger partial charge in [0.1, 0.15) is 24.2 Å². The number of methoxy groups -OCH3 is 2. The van der Waals surface area contributed by atoms with Gasteiger partial charge in [0.25, 0.3) is 0 Å². The molecule has 2 aliphatic rings. The number of anilines is 3. The Kier molecular flexibility index (Phi) is 15.2. The van der Waals surface area contributed by atoms with E-state index in [1.165, 1.54) is 23.6 Å². The molecule has 2 saturated heterocycles. The zero-order chi connectivity index (χ0) is 42.6. The molecule has 6 amide bonds. The minimum Gasteiger partial charge on any atom is -0.453 e. The largest absolute Gasteiger partial charge is 0.453 e. The van der Waals surface area contributed by atoms with Gasteiger partial charge in [0.05, 0.1) is 26.4 Å². The first-order valence-electron chi connectivity index (χ1n) is 19.5. The number of hydrogen-bond donors (Lipinski definition) is 6. The van der Waals surface area contributed by atoms with E-state index in [0.29, 0.717) is 63.2 Å². The first-order chi connectivity index (χ1) is 28.3. The number of nitrogens with one attached hydrogen (secondary N) is 4. The highest BCUT2D eigenvalue weighted by atomic mass is 16.5. The maximum absolute atomic E-state index is 13.4. The van der Waals surface area contributed by atoms with Gasteiger partial charge >= 0.3 is 12.2 Å². The lowest BCUT2D eigenvalue weighted by Gasteiger charge is -2.29. The van der Waals surface area contributed by atoms with E-state index in [4.69, 9.17) is 0 Å². The molecule has 2 fully saturated rings. The normalized spacial score (nSPS) is 18.1. The fourth-order valence-corrected chi connectivity index (χ4v) is 7.27. The average Bonchev–Trinajstić information content (AvgIpc) is 3.94. The SMILES string of the molecule is COC(=O)N[C@H](C(=O)N1CCCC1C(=O)Nc1ccc(CN(Cc2ccc(NC(=O)[C@@H]3CCCN3C(=O)[C@@H](NC(=O)OC)[C@@H](C)O)cc2)c2ccccc2)cc1)[C@@H](C)O. The maximum Gasteiger partial charge on any atom is 0.407 e. The molecule has 3 aromatic carbocycles. The molecule has 2 heterocycles. The molecular weight excluding hydrogens is 763 g/mol. The number of ether oxygens (including phenoxy) is 2. The van der Waals surface area contributed by atoms with Crippen LogP contribution in [0.1, 0.15) is 50.7 Å². The van der Waals surface area contributed by atoms with Crippen LogP contribution in [0.3, 0.4) is 0 Å². The van der Waals surface area contributed by atoms with E-state index in [9.17, 15) is 39.0 Å². The molecule has 2 aliphatic heterocycles. The Hall–Kier alpha value is -6.20. The van der Waals surface area contributed by atoms with E-state index < -0.39 is 60.4 Å². The summed E-state index contributed by atoms with van der Waals surface area (Å²) in [5.41, 5.74) is 4.02. The number of nitrogens with zero attached hydrogens (tertiary/aromatic N) is 3. The molecule has 17 nitrogen and oxygen atoms in total. The molecule has 0 bridgehead atoms. The van der Waals surface area contributed by atoms with Gasteiger partial charge < -0.3 is 55.7 Å². The van der Waals surface area contributed by atoms with Crippen molar-refractivity contribution in [1.82, 2.24) is 20.4 Å². The molecule has 17 heteroatoms. The summed E-state index contributed by atoms with van der Waals surface area (Å²) in [5.74, 6) is -1.88. The zero-order valence-electron chi connectivity index (χ0n) is 33.6. The summed E-state index contributed by atoms with van der Waals surface area (Å²) in [5, 5.41) is 30.9. The maximum atomic E-state index is 13.4. The Labute approximate surface area is 343 Å². The van der Waals surface area contributed by atoms with Gasteiger partial charge in [0.15, 0.2) is 0 Å². The van der Waals surface area contributed by atoms with Crippen LogP contribution in [0.5, 0.6) is 0 Å². The summed E-state index contributed by atoms with van der Waals surface area (Å²) < 4.78 is 9.18. The third kappa shape index (κ3) is 11.5. The minimum absolute atomic E-state index is 0.306. The fraction of sp³-hybridized carbons (Fsp3) is 0.429. The number of benzene rings is 3. The lowest BCUT2D eigenvalue weighted by atomic mass is 10.1. The van der Waals surface area contributed by atoms with Crippen molar-refractivity contribution in [2.24, 2.45) is 0 Å². The molecule has 6 N–H and O–H groups in total. The van der Waals surface area contributed by atoms with Gasteiger partial charge in [0.2, 0.25) is 23.6 Å². The monoisotopic (exact) mass is 815 g/mol. The standard InChI is InChI=1S/C42H53N7O10/c1-26(50)35(45-41(56)58-3)39(54)48-22-8-12-33(48)37(52)43-30-18-14-28(15-19-30)24-47(32-10-6-5-7-11-32)25-29-16-20-31(21-17-29)44-38(53)34-13-9-23-49(34)40(55)36(27(2)51)46-42(57)59-4/h5-7,10-11,14-21,26-27,33-36,50-51H,8-9,12-13,22-25H2,1-4H3,(H,43,52)(H,44,53)(H,45,56)(H,46,57)/t26-,27-,33+,34?,35+,36+/m1/s1. The average molecular weight is 816 g/mol. The minimum atomic E-state index is -1.26. The predicted octanol–water partition coefficient (Wildman–Crippen LogP) is 2.96. The Morgan fingerprint density at radius 3 is 1.39 bits per heavy atom. The molecule has 0 aromatic heterocycles. The van der Waals surface area contributed by atoms with E-state index in [1.54, 1.807) is 24.3 Å². The molecule has 0 spiro atoms. The van der Waals surface area contributed by atoms with Crippen LogP contribution in [0, 0.1) is 0 Å². The number of aliphatic hydroxyl groups excluding tert-OH is 2. The van der Waals surface area contributed by atoms with Crippen LogP contribution in [-0.2, 0) is 41.7 Å². The molecule has 5 rings (SSSR count). The first kappa shape index (κ1) is 43.9. The molecule has 0 saturated carbocycles. The predicted molar refractivity (Wildman–Crippen MR) is 218 cm³/mol. The van der Waals surface area contributed by atoms with Gasteiger partial charge in [-0.15, -0.1) is 0 Å². The van der Waals surface area contributed by atoms with Gasteiger partial charge in [-0.3, -0.25) is 19.2 Å². The third-order valence-electron chi connectivity index (χ3n) is 10.4. The van der Waals surface area contributed by atoms with E-state index >= 15 is 0 Å². The van der Waals surface area contributed by atoms with Crippen molar-refractivity contribution in [2.45, 2.75) is 89.0 Å². The summed E-state index contributed by atoms with van der Waals surface area (Å²) in [6, 6.07) is 20.7. The highest BCUT2D eigenvalue weighted by Crippen LogP contribution is 2.25. The van der Waals surface area contributed by atoms with E-state index in [2.05, 4.69) is 35.6 Å². The van der Waals surface area contributed by atoms with Gasteiger partial charge in [0, 0.05) is 43.2 Å².